The largest absolute Gasteiger partial charge is 0.328 e. The Balaban J connectivity index is 1.35. The minimum absolute atomic E-state index is 0.723. The molecular weight excluding hydrogens is 310 g/mol. The summed E-state index contributed by atoms with van der Waals surface area (Å²) in [5.74, 6) is 2.71. The van der Waals surface area contributed by atoms with Crippen LogP contribution in [0.5, 0.6) is 0 Å². The molecule has 128 valence electrons. The van der Waals surface area contributed by atoms with Crippen molar-refractivity contribution in [2.24, 2.45) is 18.9 Å². The Morgan fingerprint density at radius 1 is 1.04 bits per heavy atom. The third-order valence-electron chi connectivity index (χ3n) is 5.69. The molecule has 25 heavy (non-hydrogen) atoms. The second-order valence-electron chi connectivity index (χ2n) is 7.48. The molecule has 2 aliphatic rings. The number of aromatic nitrogens is 4. The van der Waals surface area contributed by atoms with E-state index < -0.39 is 0 Å². The Kier molecular flexibility index (Phi) is 3.48. The van der Waals surface area contributed by atoms with E-state index in [0.29, 0.717) is 0 Å². The molecule has 3 aromatic rings. The van der Waals surface area contributed by atoms with Gasteiger partial charge in [0.1, 0.15) is 5.82 Å². The Bertz CT molecular complexity index is 879. The first-order valence-corrected chi connectivity index (χ1v) is 9.06. The van der Waals surface area contributed by atoms with Gasteiger partial charge in [0.15, 0.2) is 0 Å². The lowest BCUT2D eigenvalue weighted by molar-refractivity contribution is 0.307. The van der Waals surface area contributed by atoms with Crippen molar-refractivity contribution in [3.05, 3.63) is 60.3 Å². The lowest BCUT2D eigenvalue weighted by Gasteiger charge is -2.27. The van der Waals surface area contributed by atoms with Gasteiger partial charge in [-0.15, -0.1) is 0 Å². The van der Waals surface area contributed by atoms with Crippen LogP contribution in [0.2, 0.25) is 0 Å². The lowest BCUT2D eigenvalue weighted by atomic mass is 9.89. The van der Waals surface area contributed by atoms with Gasteiger partial charge in [-0.25, -0.2) is 4.98 Å². The van der Waals surface area contributed by atoms with Crippen molar-refractivity contribution in [3.63, 3.8) is 0 Å². The summed E-state index contributed by atoms with van der Waals surface area (Å²) in [6.45, 7) is 4.45. The molecular formula is C20H23N5. The third-order valence-corrected chi connectivity index (χ3v) is 5.69. The van der Waals surface area contributed by atoms with Gasteiger partial charge in [-0.2, -0.15) is 5.10 Å². The van der Waals surface area contributed by atoms with Gasteiger partial charge >= 0.3 is 0 Å². The predicted octanol–water partition coefficient (Wildman–Crippen LogP) is 2.59. The van der Waals surface area contributed by atoms with Crippen molar-refractivity contribution in [2.45, 2.75) is 19.5 Å². The number of benzene rings is 1. The zero-order valence-corrected chi connectivity index (χ0v) is 14.5. The molecule has 0 bridgehead atoms. The van der Waals surface area contributed by atoms with E-state index >= 15 is 0 Å². The number of fused-ring (bicyclic) bond motifs is 2. The molecule has 5 nitrogen and oxygen atoms in total. The van der Waals surface area contributed by atoms with E-state index in [1.54, 1.807) is 0 Å². The molecule has 0 spiro atoms. The van der Waals surface area contributed by atoms with Gasteiger partial charge in [0.2, 0.25) is 0 Å². The molecule has 2 aliphatic heterocycles. The van der Waals surface area contributed by atoms with Gasteiger partial charge in [-0.3, -0.25) is 9.58 Å². The topological polar surface area (TPSA) is 38.9 Å². The van der Waals surface area contributed by atoms with Crippen molar-refractivity contribution in [3.8, 4) is 11.3 Å². The molecule has 0 aliphatic carbocycles. The Morgan fingerprint density at radius 2 is 1.88 bits per heavy atom. The lowest BCUT2D eigenvalue weighted by Crippen LogP contribution is -2.28. The summed E-state index contributed by atoms with van der Waals surface area (Å²) in [6.07, 6.45) is 7.27. The SMILES string of the molecule is Cn1cc(CN2C[C@@H]3Cn4c(-c5ccccc5)cnc4C[C@H]3C2)cn1. The van der Waals surface area contributed by atoms with E-state index in [1.165, 1.54) is 35.7 Å². The fourth-order valence-electron chi connectivity index (χ4n) is 4.50. The Hall–Kier alpha value is -2.40. The highest BCUT2D eigenvalue weighted by Gasteiger charge is 2.37. The van der Waals surface area contributed by atoms with Crippen LogP contribution < -0.4 is 0 Å². The van der Waals surface area contributed by atoms with Gasteiger partial charge in [-0.05, 0) is 17.4 Å². The number of likely N-dealkylation sites (tertiary alicyclic amines) is 1. The standard InChI is InChI=1S/C20H23N5/c1-23-10-15(8-22-23)11-24-12-17-7-20-21-9-19(16-5-3-2-4-6-16)25(20)14-18(17)13-24/h2-6,8-10,17-18H,7,11-14H2,1H3/t17-,18+/m0/s1. The van der Waals surface area contributed by atoms with Crippen molar-refractivity contribution < 1.29 is 0 Å². The van der Waals surface area contributed by atoms with Crippen LogP contribution in [0.1, 0.15) is 11.4 Å². The van der Waals surface area contributed by atoms with Crippen LogP contribution in [0.15, 0.2) is 48.9 Å². The monoisotopic (exact) mass is 333 g/mol. The fraction of sp³-hybridized carbons (Fsp3) is 0.400. The maximum absolute atomic E-state index is 4.74. The average molecular weight is 333 g/mol. The summed E-state index contributed by atoms with van der Waals surface area (Å²) < 4.78 is 4.34. The van der Waals surface area contributed by atoms with Crippen LogP contribution in [0, 0.1) is 11.8 Å². The number of hydrogen-bond acceptors (Lipinski definition) is 3. The van der Waals surface area contributed by atoms with Crippen molar-refractivity contribution in [1.29, 1.82) is 0 Å². The summed E-state index contributed by atoms with van der Waals surface area (Å²) >= 11 is 0. The van der Waals surface area contributed by atoms with Gasteiger partial charge in [0, 0.05) is 51.4 Å². The number of nitrogens with zero attached hydrogens (tertiary/aromatic N) is 5. The first-order chi connectivity index (χ1) is 12.3. The van der Waals surface area contributed by atoms with Crippen LogP contribution in [-0.4, -0.2) is 37.3 Å². The Morgan fingerprint density at radius 3 is 2.68 bits per heavy atom. The maximum Gasteiger partial charge on any atom is 0.109 e. The molecule has 0 saturated carbocycles. The van der Waals surface area contributed by atoms with Gasteiger partial charge < -0.3 is 4.57 Å². The minimum Gasteiger partial charge on any atom is -0.328 e. The number of rotatable bonds is 3. The van der Waals surface area contributed by atoms with Crippen LogP contribution in [-0.2, 0) is 26.6 Å². The zero-order chi connectivity index (χ0) is 16.8. The molecule has 2 atom stereocenters. The van der Waals surface area contributed by atoms with Gasteiger partial charge in [0.05, 0.1) is 18.1 Å². The Labute approximate surface area is 147 Å². The normalized spacial score (nSPS) is 22.8. The highest BCUT2D eigenvalue weighted by Crippen LogP contribution is 2.35. The first-order valence-electron chi connectivity index (χ1n) is 9.06. The maximum atomic E-state index is 4.74. The van der Waals surface area contributed by atoms with Crippen LogP contribution in [0.25, 0.3) is 11.3 Å². The molecule has 2 aromatic heterocycles. The van der Waals surface area contributed by atoms with Crippen LogP contribution in [0.4, 0.5) is 0 Å². The highest BCUT2D eigenvalue weighted by atomic mass is 15.2. The summed E-state index contributed by atoms with van der Waals surface area (Å²) in [4.78, 5) is 7.32. The second kappa shape index (κ2) is 5.85. The molecule has 0 radical (unpaired) electrons. The molecule has 5 rings (SSSR count). The van der Waals surface area contributed by atoms with E-state index in [0.717, 1.165) is 31.3 Å². The quantitative estimate of drug-likeness (QED) is 0.739. The van der Waals surface area contributed by atoms with E-state index in [-0.39, 0.29) is 0 Å². The zero-order valence-electron chi connectivity index (χ0n) is 14.5. The second-order valence-corrected chi connectivity index (χ2v) is 7.48. The fourth-order valence-corrected chi connectivity index (χ4v) is 4.50. The molecule has 0 amide bonds. The minimum atomic E-state index is 0.723. The van der Waals surface area contributed by atoms with E-state index in [2.05, 4.69) is 57.3 Å². The summed E-state index contributed by atoms with van der Waals surface area (Å²) in [5, 5.41) is 4.29. The molecule has 1 aromatic carbocycles. The molecule has 1 fully saturated rings. The molecule has 0 N–H and O–H groups in total. The predicted molar refractivity (Wildman–Crippen MR) is 96.8 cm³/mol. The number of hydrogen-bond donors (Lipinski definition) is 0. The molecule has 4 heterocycles. The number of imidazole rings is 1. The van der Waals surface area contributed by atoms with Crippen molar-refractivity contribution in [2.75, 3.05) is 13.1 Å². The molecule has 1 saturated heterocycles. The molecule has 0 unspecified atom stereocenters. The van der Waals surface area contributed by atoms with E-state index in [9.17, 15) is 0 Å². The van der Waals surface area contributed by atoms with E-state index in [4.69, 9.17) is 4.98 Å². The summed E-state index contributed by atoms with van der Waals surface area (Å²) in [6, 6.07) is 10.6. The van der Waals surface area contributed by atoms with Crippen molar-refractivity contribution in [1.82, 2.24) is 24.2 Å². The number of aryl methyl sites for hydroxylation is 1. The highest BCUT2D eigenvalue weighted by molar-refractivity contribution is 5.59. The van der Waals surface area contributed by atoms with Crippen molar-refractivity contribution >= 4 is 0 Å². The van der Waals surface area contributed by atoms with E-state index in [1.807, 2.05) is 17.9 Å². The van der Waals surface area contributed by atoms with Gasteiger partial charge in [-0.1, -0.05) is 30.3 Å². The molecule has 5 heteroatoms. The van der Waals surface area contributed by atoms with Crippen LogP contribution >= 0.6 is 0 Å². The van der Waals surface area contributed by atoms with Gasteiger partial charge in [0.25, 0.3) is 0 Å². The summed E-state index contributed by atoms with van der Waals surface area (Å²) in [7, 11) is 1.98. The van der Waals surface area contributed by atoms with Crippen LogP contribution in [0.3, 0.4) is 0 Å². The average Bonchev–Trinajstić information content (AvgIpc) is 3.31. The summed E-state index contributed by atoms with van der Waals surface area (Å²) in [5.41, 5.74) is 3.84. The third kappa shape index (κ3) is 2.68. The first kappa shape index (κ1) is 14.9. The smallest absolute Gasteiger partial charge is 0.109 e.